The molecule has 0 saturated heterocycles. The zero-order chi connectivity index (χ0) is 21.6. The van der Waals surface area contributed by atoms with E-state index in [0.717, 1.165) is 12.1 Å². The molecule has 10 heteroatoms. The molecule has 3 aromatic carbocycles. The Morgan fingerprint density at radius 2 is 1.21 bits per heavy atom. The van der Waals surface area contributed by atoms with Crippen LogP contribution in [0.15, 0.2) is 54.6 Å². The molecule has 5 nitrogen and oxygen atoms in total. The number of phenols is 2. The molecule has 3 rings (SSSR count). The minimum absolute atomic E-state index is 0.0264. The van der Waals surface area contributed by atoms with Crippen LogP contribution >= 0.6 is 46.4 Å². The van der Waals surface area contributed by atoms with Crippen LogP contribution in [0.3, 0.4) is 0 Å². The van der Waals surface area contributed by atoms with Crippen LogP contribution < -0.4 is 0 Å². The second-order valence-electron chi connectivity index (χ2n) is 6.10. The van der Waals surface area contributed by atoms with Gasteiger partial charge < -0.3 is 10.2 Å². The molecule has 0 radical (unpaired) electrons. The average Bonchev–Trinajstić information content (AvgIpc) is 2.62. The topological polar surface area (TPSA) is 94.8 Å². The van der Waals surface area contributed by atoms with Crippen LogP contribution in [0.5, 0.6) is 11.5 Å². The zero-order valence-corrected chi connectivity index (χ0v) is 18.1. The fraction of sp³-hybridized carbons (Fsp3) is 0.0526. The first-order valence-electron chi connectivity index (χ1n) is 7.89. The van der Waals surface area contributed by atoms with Crippen molar-refractivity contribution < 1.29 is 23.2 Å². The number of hydrogen-bond donors (Lipinski definition) is 3. The maximum Gasteiger partial charge on any atom is 0.283 e. The molecule has 0 aromatic heterocycles. The van der Waals surface area contributed by atoms with E-state index in [2.05, 4.69) is 0 Å². The number of halogens is 4. The number of aromatic hydroxyl groups is 2. The first-order valence-corrected chi connectivity index (χ1v) is 10.8. The van der Waals surface area contributed by atoms with Gasteiger partial charge in [0.15, 0.2) is 4.75 Å². The molecule has 152 valence electrons. The molecule has 3 aromatic rings. The summed E-state index contributed by atoms with van der Waals surface area (Å²) in [6.07, 6.45) is 0. The van der Waals surface area contributed by atoms with Crippen molar-refractivity contribution in [1.82, 2.24) is 0 Å². The van der Waals surface area contributed by atoms with Gasteiger partial charge in [-0.15, -0.1) is 0 Å². The molecule has 0 saturated carbocycles. The van der Waals surface area contributed by atoms with E-state index in [1.165, 1.54) is 42.5 Å². The lowest BCUT2D eigenvalue weighted by molar-refractivity contribution is 0.455. The maximum atomic E-state index is 13.0. The Morgan fingerprint density at radius 3 is 1.62 bits per heavy atom. The highest BCUT2D eigenvalue weighted by atomic mass is 35.5. The summed E-state index contributed by atoms with van der Waals surface area (Å²) in [6.45, 7) is 0. The van der Waals surface area contributed by atoms with Crippen molar-refractivity contribution in [2.75, 3.05) is 0 Å². The Labute approximate surface area is 186 Å². The normalized spacial score (nSPS) is 12.2. The molecule has 29 heavy (non-hydrogen) atoms. The molecule has 3 N–H and O–H groups in total. The highest BCUT2D eigenvalue weighted by molar-refractivity contribution is 7.87. The van der Waals surface area contributed by atoms with Gasteiger partial charge >= 0.3 is 0 Å². The van der Waals surface area contributed by atoms with Crippen molar-refractivity contribution in [1.29, 1.82) is 0 Å². The first-order chi connectivity index (χ1) is 13.5. The molecular weight excluding hydrogens is 482 g/mol. The molecule has 0 heterocycles. The monoisotopic (exact) mass is 492 g/mol. The first kappa shape index (κ1) is 22.0. The fourth-order valence-corrected chi connectivity index (χ4v) is 5.85. The van der Waals surface area contributed by atoms with Gasteiger partial charge in [0.25, 0.3) is 10.1 Å². The van der Waals surface area contributed by atoms with Crippen molar-refractivity contribution in [3.63, 3.8) is 0 Å². The maximum absolute atomic E-state index is 13.0. The van der Waals surface area contributed by atoms with Crippen LogP contribution in [0.2, 0.25) is 20.1 Å². The quantitative estimate of drug-likeness (QED) is 0.182. The van der Waals surface area contributed by atoms with Gasteiger partial charge in [0.1, 0.15) is 11.5 Å². The van der Waals surface area contributed by atoms with E-state index < -0.39 is 14.9 Å². The summed E-state index contributed by atoms with van der Waals surface area (Å²) in [5.74, 6) is -0.550. The van der Waals surface area contributed by atoms with E-state index in [-0.39, 0.29) is 48.3 Å². The van der Waals surface area contributed by atoms with Gasteiger partial charge in [0.05, 0.1) is 15.1 Å². The lowest BCUT2D eigenvalue weighted by Gasteiger charge is -2.34. The van der Waals surface area contributed by atoms with E-state index in [9.17, 15) is 23.2 Å². The van der Waals surface area contributed by atoms with Gasteiger partial charge in [-0.1, -0.05) is 70.7 Å². The largest absolute Gasteiger partial charge is 0.508 e. The van der Waals surface area contributed by atoms with E-state index in [1.54, 1.807) is 0 Å². The number of benzene rings is 3. The summed E-state index contributed by atoms with van der Waals surface area (Å²) in [4.78, 5) is 0. The zero-order valence-electron chi connectivity index (χ0n) is 14.3. The van der Waals surface area contributed by atoms with Gasteiger partial charge in [-0.05, 0) is 41.5 Å². The molecule has 0 aliphatic carbocycles. The lowest BCUT2D eigenvalue weighted by Crippen LogP contribution is -2.39. The SMILES string of the molecule is O=S(=O)(O)C(c1cccc(O)c1)(c1cccc(O)c1)c1c(Cl)cc(Cl)c(Cl)c1Cl. The van der Waals surface area contributed by atoms with Crippen LogP contribution in [0.1, 0.15) is 16.7 Å². The van der Waals surface area contributed by atoms with Crippen molar-refractivity contribution in [2.45, 2.75) is 4.75 Å². The van der Waals surface area contributed by atoms with Gasteiger partial charge in [-0.25, -0.2) is 0 Å². The van der Waals surface area contributed by atoms with Crippen LogP contribution in [-0.4, -0.2) is 23.2 Å². The number of hydrogen-bond acceptors (Lipinski definition) is 4. The summed E-state index contributed by atoms with van der Waals surface area (Å²) >= 11 is 24.9. The minimum atomic E-state index is -5.09. The second-order valence-corrected chi connectivity index (χ2v) is 9.23. The molecule has 0 aliphatic heterocycles. The Kier molecular flexibility index (Phi) is 5.98. The van der Waals surface area contributed by atoms with Gasteiger partial charge in [0.2, 0.25) is 0 Å². The van der Waals surface area contributed by atoms with E-state index in [1.807, 2.05) is 0 Å². The second kappa shape index (κ2) is 7.87. The molecule has 0 bridgehead atoms. The highest BCUT2D eigenvalue weighted by Gasteiger charge is 2.51. The van der Waals surface area contributed by atoms with Crippen molar-refractivity contribution in [3.05, 3.63) is 91.4 Å². The van der Waals surface area contributed by atoms with Crippen LogP contribution in [0.25, 0.3) is 0 Å². The Morgan fingerprint density at radius 1 is 0.724 bits per heavy atom. The standard InChI is InChI=1S/C19H12Cl4O5S/c20-14-9-15(21)17(22)18(23)16(14)19(29(26,27)28,10-3-1-5-12(24)7-10)11-4-2-6-13(25)8-11/h1-9,24-25H,(H,26,27,28). The smallest absolute Gasteiger partial charge is 0.283 e. The van der Waals surface area contributed by atoms with E-state index in [0.29, 0.717) is 0 Å². The number of rotatable bonds is 4. The van der Waals surface area contributed by atoms with E-state index >= 15 is 0 Å². The van der Waals surface area contributed by atoms with Crippen molar-refractivity contribution in [3.8, 4) is 11.5 Å². The third-order valence-corrected chi connectivity index (χ3v) is 7.37. The highest BCUT2D eigenvalue weighted by Crippen LogP contribution is 2.52. The van der Waals surface area contributed by atoms with Crippen LogP contribution in [0, 0.1) is 0 Å². The predicted molar refractivity (Wildman–Crippen MR) is 114 cm³/mol. The summed E-state index contributed by atoms with van der Waals surface area (Å²) in [5, 5.41) is 19.3. The van der Waals surface area contributed by atoms with Crippen LogP contribution in [0.4, 0.5) is 0 Å². The molecular formula is C19H12Cl4O5S. The molecule has 0 amide bonds. The molecule has 0 unspecified atom stereocenters. The lowest BCUT2D eigenvalue weighted by atomic mass is 9.83. The molecule has 0 atom stereocenters. The Balaban J connectivity index is 2.64. The fourth-order valence-electron chi connectivity index (χ4n) is 3.22. The van der Waals surface area contributed by atoms with Gasteiger partial charge in [-0.3, -0.25) is 4.55 Å². The van der Waals surface area contributed by atoms with Crippen molar-refractivity contribution >= 4 is 56.5 Å². The average molecular weight is 494 g/mol. The Bertz CT molecular complexity index is 1170. The summed E-state index contributed by atoms with van der Waals surface area (Å²) in [6, 6.07) is 11.6. The molecule has 0 fully saturated rings. The number of phenolic OH excluding ortho intramolecular Hbond substituents is 2. The van der Waals surface area contributed by atoms with Crippen LogP contribution in [-0.2, 0) is 14.9 Å². The molecule has 0 spiro atoms. The summed E-state index contributed by atoms with van der Waals surface area (Å²) in [5.41, 5.74) is -0.463. The van der Waals surface area contributed by atoms with Crippen molar-refractivity contribution in [2.24, 2.45) is 0 Å². The third-order valence-electron chi connectivity index (χ3n) is 4.36. The summed E-state index contributed by atoms with van der Waals surface area (Å²) in [7, 11) is -5.09. The van der Waals surface area contributed by atoms with Gasteiger partial charge in [0, 0.05) is 10.6 Å². The van der Waals surface area contributed by atoms with Gasteiger partial charge in [-0.2, -0.15) is 8.42 Å². The minimum Gasteiger partial charge on any atom is -0.508 e. The van der Waals surface area contributed by atoms with E-state index in [4.69, 9.17) is 46.4 Å². The molecule has 0 aliphatic rings. The Hall–Kier alpha value is -1.67. The third kappa shape index (κ3) is 3.65. The summed E-state index contributed by atoms with van der Waals surface area (Å²) < 4.78 is 34.0. The predicted octanol–water partition coefficient (Wildman–Crippen LogP) is 5.89.